The summed E-state index contributed by atoms with van der Waals surface area (Å²) in [6.45, 7) is 12.7. The smallest absolute Gasteiger partial charge is 0.0780 e. The topological polar surface area (TPSA) is 18.5 Å². The lowest BCUT2D eigenvalue weighted by Crippen LogP contribution is -2.17. The standard InChI is InChI=1S/C12H24O2/c1-6-7-14-12(5)9-13-8-11(4)10(2)3/h12H,6-9H2,1-5H3. The van der Waals surface area contributed by atoms with E-state index in [1.165, 1.54) is 11.1 Å². The molecule has 0 radical (unpaired) electrons. The average Bonchev–Trinajstić information content (AvgIpc) is 2.14. The molecule has 0 fully saturated rings. The Hall–Kier alpha value is -0.340. The van der Waals surface area contributed by atoms with Crippen molar-refractivity contribution in [2.45, 2.75) is 47.1 Å². The van der Waals surface area contributed by atoms with Crippen LogP contribution in [0.3, 0.4) is 0 Å². The van der Waals surface area contributed by atoms with Gasteiger partial charge in [-0.2, -0.15) is 0 Å². The van der Waals surface area contributed by atoms with Crippen LogP contribution in [-0.4, -0.2) is 25.9 Å². The summed E-state index contributed by atoms with van der Waals surface area (Å²) in [5.41, 5.74) is 2.65. The van der Waals surface area contributed by atoms with Gasteiger partial charge in [-0.3, -0.25) is 0 Å². The van der Waals surface area contributed by atoms with E-state index in [9.17, 15) is 0 Å². The van der Waals surface area contributed by atoms with Gasteiger partial charge in [-0.05, 0) is 39.7 Å². The van der Waals surface area contributed by atoms with Gasteiger partial charge >= 0.3 is 0 Å². The molecule has 84 valence electrons. The van der Waals surface area contributed by atoms with Crippen LogP contribution in [0.5, 0.6) is 0 Å². The van der Waals surface area contributed by atoms with Crippen LogP contribution in [0, 0.1) is 0 Å². The molecule has 0 rings (SSSR count). The first-order chi connectivity index (χ1) is 6.57. The van der Waals surface area contributed by atoms with Crippen molar-refractivity contribution in [3.63, 3.8) is 0 Å². The van der Waals surface area contributed by atoms with Crippen molar-refractivity contribution < 1.29 is 9.47 Å². The number of hydrogen-bond acceptors (Lipinski definition) is 2. The summed E-state index contributed by atoms with van der Waals surface area (Å²) in [7, 11) is 0. The van der Waals surface area contributed by atoms with E-state index < -0.39 is 0 Å². The van der Waals surface area contributed by atoms with Crippen molar-refractivity contribution in [1.82, 2.24) is 0 Å². The van der Waals surface area contributed by atoms with Gasteiger partial charge in [-0.1, -0.05) is 12.5 Å². The molecule has 1 atom stereocenters. The highest BCUT2D eigenvalue weighted by atomic mass is 16.5. The molecule has 0 aliphatic heterocycles. The molecule has 0 bridgehead atoms. The third kappa shape index (κ3) is 7.10. The van der Waals surface area contributed by atoms with Gasteiger partial charge in [0.1, 0.15) is 0 Å². The molecule has 0 N–H and O–H groups in total. The van der Waals surface area contributed by atoms with Crippen LogP contribution in [0.4, 0.5) is 0 Å². The Bertz CT molecular complexity index is 169. The molecule has 0 aromatic carbocycles. The van der Waals surface area contributed by atoms with E-state index >= 15 is 0 Å². The van der Waals surface area contributed by atoms with Crippen molar-refractivity contribution in [3.05, 3.63) is 11.1 Å². The normalized spacial score (nSPS) is 12.6. The van der Waals surface area contributed by atoms with Gasteiger partial charge in [-0.15, -0.1) is 0 Å². The van der Waals surface area contributed by atoms with Gasteiger partial charge in [0.15, 0.2) is 0 Å². The van der Waals surface area contributed by atoms with Crippen LogP contribution in [0.2, 0.25) is 0 Å². The first-order valence-corrected chi connectivity index (χ1v) is 5.40. The molecule has 14 heavy (non-hydrogen) atoms. The van der Waals surface area contributed by atoms with Crippen LogP contribution < -0.4 is 0 Å². The molecular formula is C12H24O2. The predicted molar refractivity (Wildman–Crippen MR) is 60.6 cm³/mol. The second kappa shape index (κ2) is 8.01. The van der Waals surface area contributed by atoms with Crippen LogP contribution in [0.1, 0.15) is 41.0 Å². The summed E-state index contributed by atoms with van der Waals surface area (Å²) in [5.74, 6) is 0. The molecule has 2 heteroatoms. The third-order valence-electron chi connectivity index (χ3n) is 2.13. The average molecular weight is 200 g/mol. The Kier molecular flexibility index (Phi) is 7.81. The summed E-state index contributed by atoms with van der Waals surface area (Å²) in [6.07, 6.45) is 1.28. The first-order valence-electron chi connectivity index (χ1n) is 5.40. The summed E-state index contributed by atoms with van der Waals surface area (Å²) >= 11 is 0. The summed E-state index contributed by atoms with van der Waals surface area (Å²) in [5, 5.41) is 0. The monoisotopic (exact) mass is 200 g/mol. The minimum atomic E-state index is 0.208. The Morgan fingerprint density at radius 2 is 1.86 bits per heavy atom. The Balaban J connectivity index is 3.49. The third-order valence-corrected chi connectivity index (χ3v) is 2.13. The maximum Gasteiger partial charge on any atom is 0.0780 e. The van der Waals surface area contributed by atoms with Crippen molar-refractivity contribution in [3.8, 4) is 0 Å². The van der Waals surface area contributed by atoms with Gasteiger partial charge in [0, 0.05) is 6.61 Å². The van der Waals surface area contributed by atoms with Crippen LogP contribution in [0.15, 0.2) is 11.1 Å². The van der Waals surface area contributed by atoms with E-state index in [2.05, 4.69) is 27.7 Å². The summed E-state index contributed by atoms with van der Waals surface area (Å²) in [4.78, 5) is 0. The number of hydrogen-bond donors (Lipinski definition) is 0. The zero-order chi connectivity index (χ0) is 11.0. The van der Waals surface area contributed by atoms with Crippen molar-refractivity contribution >= 4 is 0 Å². The van der Waals surface area contributed by atoms with Crippen LogP contribution >= 0.6 is 0 Å². The van der Waals surface area contributed by atoms with Gasteiger partial charge in [0.05, 0.1) is 19.3 Å². The molecule has 0 aliphatic rings. The minimum Gasteiger partial charge on any atom is -0.376 e. The predicted octanol–water partition coefficient (Wildman–Crippen LogP) is 3.17. The largest absolute Gasteiger partial charge is 0.376 e. The Labute approximate surface area is 88.3 Å². The Morgan fingerprint density at radius 3 is 2.36 bits per heavy atom. The molecule has 0 aliphatic carbocycles. The van der Waals surface area contributed by atoms with E-state index in [1.807, 2.05) is 6.92 Å². The molecule has 1 unspecified atom stereocenters. The highest BCUT2D eigenvalue weighted by molar-refractivity contribution is 5.06. The van der Waals surface area contributed by atoms with Crippen molar-refractivity contribution in [2.24, 2.45) is 0 Å². The highest BCUT2D eigenvalue weighted by Crippen LogP contribution is 2.03. The molecule has 0 aromatic heterocycles. The molecule has 0 saturated carbocycles. The van der Waals surface area contributed by atoms with Gasteiger partial charge in [0.25, 0.3) is 0 Å². The first kappa shape index (κ1) is 13.7. The molecular weight excluding hydrogens is 176 g/mol. The fraction of sp³-hybridized carbons (Fsp3) is 0.833. The van der Waals surface area contributed by atoms with E-state index in [1.54, 1.807) is 0 Å². The Morgan fingerprint density at radius 1 is 1.21 bits per heavy atom. The fourth-order valence-corrected chi connectivity index (χ4v) is 0.889. The maximum atomic E-state index is 5.53. The fourth-order valence-electron chi connectivity index (χ4n) is 0.889. The van der Waals surface area contributed by atoms with Crippen LogP contribution in [-0.2, 0) is 9.47 Å². The van der Waals surface area contributed by atoms with Crippen LogP contribution in [0.25, 0.3) is 0 Å². The van der Waals surface area contributed by atoms with E-state index in [0.29, 0.717) is 6.61 Å². The zero-order valence-corrected chi connectivity index (χ0v) is 10.2. The number of ether oxygens (including phenoxy) is 2. The van der Waals surface area contributed by atoms with E-state index in [0.717, 1.165) is 19.6 Å². The molecule has 0 aromatic rings. The van der Waals surface area contributed by atoms with E-state index in [4.69, 9.17) is 9.47 Å². The SMILES string of the molecule is CCCOC(C)COCC(C)=C(C)C. The minimum absolute atomic E-state index is 0.208. The van der Waals surface area contributed by atoms with Gasteiger partial charge in [-0.25, -0.2) is 0 Å². The lowest BCUT2D eigenvalue weighted by atomic mass is 10.2. The summed E-state index contributed by atoms with van der Waals surface area (Å²) < 4.78 is 11.0. The number of rotatable bonds is 7. The summed E-state index contributed by atoms with van der Waals surface area (Å²) in [6, 6.07) is 0. The van der Waals surface area contributed by atoms with Crippen molar-refractivity contribution in [1.29, 1.82) is 0 Å². The second-order valence-corrected chi connectivity index (χ2v) is 3.98. The lowest BCUT2D eigenvalue weighted by molar-refractivity contribution is -0.000688. The number of allylic oxidation sites excluding steroid dienone is 1. The van der Waals surface area contributed by atoms with E-state index in [-0.39, 0.29) is 6.10 Å². The molecule has 0 amide bonds. The quantitative estimate of drug-likeness (QED) is 0.588. The van der Waals surface area contributed by atoms with Crippen molar-refractivity contribution in [2.75, 3.05) is 19.8 Å². The zero-order valence-electron chi connectivity index (χ0n) is 10.2. The lowest BCUT2D eigenvalue weighted by Gasteiger charge is -2.13. The highest BCUT2D eigenvalue weighted by Gasteiger charge is 2.01. The maximum absolute atomic E-state index is 5.53. The van der Waals surface area contributed by atoms with Gasteiger partial charge < -0.3 is 9.47 Å². The van der Waals surface area contributed by atoms with Gasteiger partial charge in [0.2, 0.25) is 0 Å². The molecule has 0 spiro atoms. The molecule has 2 nitrogen and oxygen atoms in total. The molecule has 0 saturated heterocycles. The second-order valence-electron chi connectivity index (χ2n) is 3.98. The molecule has 0 heterocycles.